The SMILES string of the molecule is O=C(/C=C/c1cccc(O)c1)NCc1ccc(C(F)(F)F)cc1. The smallest absolute Gasteiger partial charge is 0.416 e. The Kier molecular flexibility index (Phi) is 5.05. The Labute approximate surface area is 131 Å². The van der Waals surface area contributed by atoms with Crippen LogP contribution in [0.1, 0.15) is 16.7 Å². The molecule has 0 unspecified atom stereocenters. The number of rotatable bonds is 4. The van der Waals surface area contributed by atoms with Crippen molar-refractivity contribution < 1.29 is 23.1 Å². The van der Waals surface area contributed by atoms with Gasteiger partial charge in [0, 0.05) is 12.6 Å². The van der Waals surface area contributed by atoms with Crippen LogP contribution < -0.4 is 5.32 Å². The van der Waals surface area contributed by atoms with Crippen LogP contribution in [0.25, 0.3) is 6.08 Å². The van der Waals surface area contributed by atoms with Crippen molar-refractivity contribution in [3.63, 3.8) is 0 Å². The molecule has 0 radical (unpaired) electrons. The first-order valence-electron chi connectivity index (χ1n) is 6.76. The fourth-order valence-electron chi connectivity index (χ4n) is 1.86. The summed E-state index contributed by atoms with van der Waals surface area (Å²) >= 11 is 0. The van der Waals surface area contributed by atoms with E-state index in [9.17, 15) is 23.1 Å². The first kappa shape index (κ1) is 16.6. The van der Waals surface area contributed by atoms with E-state index in [4.69, 9.17) is 0 Å². The van der Waals surface area contributed by atoms with Crippen LogP contribution in [-0.2, 0) is 17.5 Å². The van der Waals surface area contributed by atoms with Gasteiger partial charge in [0.2, 0.25) is 5.91 Å². The zero-order valence-electron chi connectivity index (χ0n) is 12.0. The lowest BCUT2D eigenvalue weighted by atomic mass is 10.1. The van der Waals surface area contributed by atoms with Gasteiger partial charge in [0.05, 0.1) is 5.56 Å². The summed E-state index contributed by atoms with van der Waals surface area (Å²) in [5.41, 5.74) is 0.503. The number of aromatic hydroxyl groups is 1. The van der Waals surface area contributed by atoms with Gasteiger partial charge in [0.25, 0.3) is 0 Å². The number of halogens is 3. The largest absolute Gasteiger partial charge is 0.508 e. The van der Waals surface area contributed by atoms with Gasteiger partial charge in [-0.3, -0.25) is 4.79 Å². The first-order valence-corrected chi connectivity index (χ1v) is 6.76. The van der Waals surface area contributed by atoms with Crippen LogP contribution >= 0.6 is 0 Å². The molecule has 23 heavy (non-hydrogen) atoms. The van der Waals surface area contributed by atoms with E-state index in [2.05, 4.69) is 5.32 Å². The summed E-state index contributed by atoms with van der Waals surface area (Å²) in [4.78, 5) is 11.7. The van der Waals surface area contributed by atoms with E-state index in [-0.39, 0.29) is 18.2 Å². The predicted molar refractivity (Wildman–Crippen MR) is 80.4 cm³/mol. The third kappa shape index (κ3) is 5.18. The third-order valence-corrected chi connectivity index (χ3v) is 3.05. The van der Waals surface area contributed by atoms with Crippen molar-refractivity contribution in [2.24, 2.45) is 0 Å². The van der Waals surface area contributed by atoms with Gasteiger partial charge in [0.1, 0.15) is 5.75 Å². The molecule has 1 amide bonds. The van der Waals surface area contributed by atoms with E-state index in [1.807, 2.05) is 0 Å². The molecule has 120 valence electrons. The fraction of sp³-hybridized carbons (Fsp3) is 0.118. The highest BCUT2D eigenvalue weighted by Gasteiger charge is 2.29. The van der Waals surface area contributed by atoms with Crippen LogP contribution in [0.4, 0.5) is 13.2 Å². The Balaban J connectivity index is 1.89. The van der Waals surface area contributed by atoms with Crippen molar-refractivity contribution in [3.8, 4) is 5.75 Å². The van der Waals surface area contributed by atoms with Crippen LogP contribution in [0.3, 0.4) is 0 Å². The normalized spacial score (nSPS) is 11.6. The van der Waals surface area contributed by atoms with Crippen LogP contribution in [0.2, 0.25) is 0 Å². The number of alkyl halides is 3. The van der Waals surface area contributed by atoms with E-state index in [0.717, 1.165) is 12.1 Å². The number of phenolic OH excluding ortho intramolecular Hbond substituents is 1. The summed E-state index contributed by atoms with van der Waals surface area (Å²) in [6, 6.07) is 11.0. The molecule has 0 atom stereocenters. The van der Waals surface area contributed by atoms with Gasteiger partial charge >= 0.3 is 6.18 Å². The Hall–Kier alpha value is -2.76. The van der Waals surface area contributed by atoms with Crippen LogP contribution in [0, 0.1) is 0 Å². The van der Waals surface area contributed by atoms with Crippen molar-refractivity contribution in [1.29, 1.82) is 0 Å². The van der Waals surface area contributed by atoms with Gasteiger partial charge < -0.3 is 10.4 Å². The maximum atomic E-state index is 12.4. The molecular weight excluding hydrogens is 307 g/mol. The second-order valence-corrected chi connectivity index (χ2v) is 4.84. The average Bonchev–Trinajstić information content (AvgIpc) is 2.50. The van der Waals surface area contributed by atoms with Gasteiger partial charge in [-0.15, -0.1) is 0 Å². The second kappa shape index (κ2) is 7.00. The van der Waals surface area contributed by atoms with E-state index in [1.54, 1.807) is 12.1 Å². The number of carbonyl (C=O) groups is 1. The maximum Gasteiger partial charge on any atom is 0.416 e. The Morgan fingerprint density at radius 1 is 1.13 bits per heavy atom. The lowest BCUT2D eigenvalue weighted by molar-refractivity contribution is -0.137. The topological polar surface area (TPSA) is 49.3 Å². The van der Waals surface area contributed by atoms with Crippen molar-refractivity contribution in [2.45, 2.75) is 12.7 Å². The third-order valence-electron chi connectivity index (χ3n) is 3.05. The Bertz CT molecular complexity index is 707. The number of nitrogens with one attached hydrogen (secondary N) is 1. The van der Waals surface area contributed by atoms with Crippen molar-refractivity contribution in [3.05, 3.63) is 71.3 Å². The molecule has 0 saturated heterocycles. The molecule has 0 aromatic heterocycles. The van der Waals surface area contributed by atoms with E-state index in [0.29, 0.717) is 11.1 Å². The average molecular weight is 321 g/mol. The number of hydrogen-bond acceptors (Lipinski definition) is 2. The summed E-state index contributed by atoms with van der Waals surface area (Å²) in [6.45, 7) is 0.126. The standard InChI is InChI=1S/C17H14F3NO2/c18-17(19,20)14-7-4-13(5-8-14)11-21-16(23)9-6-12-2-1-3-15(22)10-12/h1-10,22H,11H2,(H,21,23)/b9-6+. The number of carbonyl (C=O) groups excluding carboxylic acids is 1. The van der Waals surface area contributed by atoms with Crippen molar-refractivity contribution >= 4 is 12.0 Å². The van der Waals surface area contributed by atoms with Crippen LogP contribution in [0.15, 0.2) is 54.6 Å². The van der Waals surface area contributed by atoms with Crippen molar-refractivity contribution in [1.82, 2.24) is 5.32 Å². The van der Waals surface area contributed by atoms with Gasteiger partial charge in [0.15, 0.2) is 0 Å². The number of benzene rings is 2. The monoisotopic (exact) mass is 321 g/mol. The molecule has 2 aromatic carbocycles. The predicted octanol–water partition coefficient (Wildman–Crippen LogP) is 3.74. The lowest BCUT2D eigenvalue weighted by Gasteiger charge is -2.07. The highest BCUT2D eigenvalue weighted by Crippen LogP contribution is 2.29. The second-order valence-electron chi connectivity index (χ2n) is 4.84. The molecule has 6 heteroatoms. The Morgan fingerprint density at radius 2 is 1.83 bits per heavy atom. The molecule has 0 aliphatic carbocycles. The van der Waals surface area contributed by atoms with Crippen molar-refractivity contribution in [2.75, 3.05) is 0 Å². The Morgan fingerprint density at radius 3 is 2.43 bits per heavy atom. The highest BCUT2D eigenvalue weighted by molar-refractivity contribution is 5.91. The molecule has 0 fully saturated rings. The van der Waals surface area contributed by atoms with Gasteiger partial charge in [-0.1, -0.05) is 24.3 Å². The number of hydrogen-bond donors (Lipinski definition) is 2. The fourth-order valence-corrected chi connectivity index (χ4v) is 1.86. The molecule has 2 aromatic rings. The summed E-state index contributed by atoms with van der Waals surface area (Å²) in [5.74, 6) is -0.287. The number of amides is 1. The van der Waals surface area contributed by atoms with Gasteiger partial charge in [-0.05, 0) is 41.5 Å². The molecular formula is C17H14F3NO2. The minimum atomic E-state index is -4.37. The van der Waals surface area contributed by atoms with E-state index < -0.39 is 11.7 Å². The van der Waals surface area contributed by atoms with E-state index in [1.165, 1.54) is 36.4 Å². The highest BCUT2D eigenvalue weighted by atomic mass is 19.4. The van der Waals surface area contributed by atoms with Crippen LogP contribution in [-0.4, -0.2) is 11.0 Å². The van der Waals surface area contributed by atoms with Crippen LogP contribution in [0.5, 0.6) is 5.75 Å². The molecule has 0 saturated carbocycles. The summed E-state index contributed by atoms with van der Waals surface area (Å²) in [5, 5.41) is 11.9. The molecule has 2 rings (SSSR count). The molecule has 0 aliphatic rings. The molecule has 0 bridgehead atoms. The lowest BCUT2D eigenvalue weighted by Crippen LogP contribution is -2.20. The minimum Gasteiger partial charge on any atom is -0.508 e. The zero-order chi connectivity index (χ0) is 16.9. The molecule has 0 spiro atoms. The summed E-state index contributed by atoms with van der Waals surface area (Å²) in [6.07, 6.45) is -1.55. The minimum absolute atomic E-state index is 0.0947. The molecule has 0 heterocycles. The molecule has 0 aliphatic heterocycles. The summed E-state index contributed by atoms with van der Waals surface area (Å²) < 4.78 is 37.3. The maximum absolute atomic E-state index is 12.4. The zero-order valence-corrected chi connectivity index (χ0v) is 12.0. The van der Waals surface area contributed by atoms with E-state index >= 15 is 0 Å². The van der Waals surface area contributed by atoms with Gasteiger partial charge in [-0.25, -0.2) is 0 Å². The first-order chi connectivity index (χ1) is 10.8. The quantitative estimate of drug-likeness (QED) is 0.843. The number of phenols is 1. The molecule has 3 nitrogen and oxygen atoms in total. The summed E-state index contributed by atoms with van der Waals surface area (Å²) in [7, 11) is 0. The molecule has 2 N–H and O–H groups in total. The van der Waals surface area contributed by atoms with Gasteiger partial charge in [-0.2, -0.15) is 13.2 Å².